The lowest BCUT2D eigenvalue weighted by molar-refractivity contribution is 0.0634. The fourth-order valence-corrected chi connectivity index (χ4v) is 0.934. The summed E-state index contributed by atoms with van der Waals surface area (Å²) in [5, 5.41) is 2.15. The summed E-state index contributed by atoms with van der Waals surface area (Å²) in [6.45, 7) is 5.09. The molecule has 0 saturated carbocycles. The van der Waals surface area contributed by atoms with Crippen LogP contribution in [0, 0.1) is 5.95 Å². The smallest absolute Gasteiger partial charge is 0.413 e. The Kier molecular flexibility index (Phi) is 3.82. The number of hydrogen-bond donors (Lipinski definition) is 1. The highest BCUT2D eigenvalue weighted by Gasteiger charge is 2.18. The van der Waals surface area contributed by atoms with Crippen LogP contribution >= 0.6 is 0 Å². The number of halogens is 1. The topological polar surface area (TPSA) is 73.3 Å². The molecule has 0 fully saturated rings. The van der Waals surface area contributed by atoms with Gasteiger partial charge in [0.2, 0.25) is 5.88 Å². The highest BCUT2D eigenvalue weighted by atomic mass is 19.1. The number of anilines is 1. The number of nitrogens with zero attached hydrogens (tertiary/aromatic N) is 2. The molecule has 1 rings (SSSR count). The van der Waals surface area contributed by atoms with E-state index in [-0.39, 0.29) is 11.7 Å². The summed E-state index contributed by atoms with van der Waals surface area (Å²) in [7, 11) is 1.34. The predicted octanol–water partition coefficient (Wildman–Crippen LogP) is 1.97. The largest absolute Gasteiger partial charge is 0.480 e. The first-order valence-corrected chi connectivity index (χ1v) is 4.88. The van der Waals surface area contributed by atoms with Gasteiger partial charge in [0.25, 0.3) is 5.95 Å². The van der Waals surface area contributed by atoms with Crippen LogP contribution in [-0.2, 0) is 4.74 Å². The molecule has 1 N–H and O–H groups in total. The van der Waals surface area contributed by atoms with Gasteiger partial charge < -0.3 is 9.47 Å². The SMILES string of the molecule is COc1cnc(NC(=O)OC(C)(C)C)c(F)n1. The molecule has 0 aromatic carbocycles. The van der Waals surface area contributed by atoms with Crippen molar-refractivity contribution in [2.24, 2.45) is 0 Å². The van der Waals surface area contributed by atoms with Crippen molar-refractivity contribution < 1.29 is 18.7 Å². The standard InChI is InChI=1S/C10H14FN3O3/c1-10(2,3)17-9(15)14-8-7(11)13-6(16-4)5-12-8/h5H,1-4H3,(H,12,14,15). The summed E-state index contributed by atoms with van der Waals surface area (Å²) in [4.78, 5) is 18.4. The number of rotatable bonds is 2. The Morgan fingerprint density at radius 3 is 2.59 bits per heavy atom. The van der Waals surface area contributed by atoms with Gasteiger partial charge in [0, 0.05) is 0 Å². The second-order valence-electron chi connectivity index (χ2n) is 4.18. The molecule has 0 aliphatic heterocycles. The van der Waals surface area contributed by atoms with Crippen LogP contribution in [0.4, 0.5) is 15.0 Å². The molecule has 0 saturated heterocycles. The van der Waals surface area contributed by atoms with Crippen LogP contribution in [-0.4, -0.2) is 28.8 Å². The average Bonchev–Trinajstić information content (AvgIpc) is 2.18. The summed E-state index contributed by atoms with van der Waals surface area (Å²) >= 11 is 0. The zero-order chi connectivity index (χ0) is 13.1. The van der Waals surface area contributed by atoms with Crippen molar-refractivity contribution >= 4 is 11.9 Å². The molecular weight excluding hydrogens is 229 g/mol. The third kappa shape index (κ3) is 4.21. The van der Waals surface area contributed by atoms with Crippen LogP contribution in [0.2, 0.25) is 0 Å². The zero-order valence-corrected chi connectivity index (χ0v) is 10.1. The van der Waals surface area contributed by atoms with Gasteiger partial charge in [0.1, 0.15) is 5.60 Å². The van der Waals surface area contributed by atoms with Crippen LogP contribution in [0.1, 0.15) is 20.8 Å². The van der Waals surface area contributed by atoms with Crippen LogP contribution in [0.3, 0.4) is 0 Å². The molecule has 6 nitrogen and oxygen atoms in total. The molecule has 0 aliphatic carbocycles. The van der Waals surface area contributed by atoms with Gasteiger partial charge in [-0.15, -0.1) is 0 Å². The van der Waals surface area contributed by atoms with Gasteiger partial charge in [-0.2, -0.15) is 9.37 Å². The van der Waals surface area contributed by atoms with Gasteiger partial charge in [-0.3, -0.25) is 5.32 Å². The summed E-state index contributed by atoms with van der Waals surface area (Å²) in [5.41, 5.74) is -0.666. The van der Waals surface area contributed by atoms with Crippen LogP contribution in [0.25, 0.3) is 0 Å². The van der Waals surface area contributed by atoms with Gasteiger partial charge in [-0.05, 0) is 20.8 Å². The Morgan fingerprint density at radius 1 is 1.47 bits per heavy atom. The maximum atomic E-state index is 13.3. The molecular formula is C10H14FN3O3. The van der Waals surface area contributed by atoms with Gasteiger partial charge in [0.15, 0.2) is 5.82 Å². The van der Waals surface area contributed by atoms with E-state index in [9.17, 15) is 9.18 Å². The molecule has 0 unspecified atom stereocenters. The lowest BCUT2D eigenvalue weighted by Crippen LogP contribution is -2.28. The van der Waals surface area contributed by atoms with Crippen molar-refractivity contribution in [1.82, 2.24) is 9.97 Å². The fourth-order valence-electron chi connectivity index (χ4n) is 0.934. The van der Waals surface area contributed by atoms with Gasteiger partial charge in [0.05, 0.1) is 13.3 Å². The third-order valence-electron chi connectivity index (χ3n) is 1.54. The highest BCUT2D eigenvalue weighted by Crippen LogP contribution is 2.14. The van der Waals surface area contributed by atoms with Crippen molar-refractivity contribution in [3.05, 3.63) is 12.1 Å². The Labute approximate surface area is 98.2 Å². The van der Waals surface area contributed by atoms with Gasteiger partial charge in [-0.1, -0.05) is 0 Å². The molecule has 1 aromatic heterocycles. The maximum Gasteiger partial charge on any atom is 0.413 e. The Hall–Kier alpha value is -1.92. The Bertz CT molecular complexity index is 418. The summed E-state index contributed by atoms with van der Waals surface area (Å²) in [6.07, 6.45) is 0.395. The monoisotopic (exact) mass is 243 g/mol. The van der Waals surface area contributed by atoms with E-state index in [2.05, 4.69) is 20.0 Å². The first-order valence-electron chi connectivity index (χ1n) is 4.88. The van der Waals surface area contributed by atoms with E-state index >= 15 is 0 Å². The zero-order valence-electron chi connectivity index (χ0n) is 10.1. The first-order chi connectivity index (χ1) is 7.81. The number of carbonyl (C=O) groups excluding carboxylic acids is 1. The normalized spacial score (nSPS) is 10.9. The summed E-state index contributed by atoms with van der Waals surface area (Å²) < 4.78 is 22.9. The lowest BCUT2D eigenvalue weighted by Gasteiger charge is -2.19. The second kappa shape index (κ2) is 4.94. The van der Waals surface area contributed by atoms with Crippen molar-refractivity contribution in [3.63, 3.8) is 0 Å². The molecule has 1 aromatic rings. The molecule has 7 heteroatoms. The van der Waals surface area contributed by atoms with Gasteiger partial charge >= 0.3 is 6.09 Å². The number of hydrogen-bond acceptors (Lipinski definition) is 5. The van der Waals surface area contributed by atoms with Crippen LogP contribution in [0.5, 0.6) is 5.88 Å². The minimum absolute atomic E-state index is 0.0252. The Balaban J connectivity index is 2.72. The number of methoxy groups -OCH3 is 1. The predicted molar refractivity (Wildman–Crippen MR) is 58.4 cm³/mol. The van der Waals surface area contributed by atoms with E-state index in [0.717, 1.165) is 0 Å². The summed E-state index contributed by atoms with van der Waals surface area (Å²) in [6, 6.07) is 0. The number of carbonyl (C=O) groups is 1. The molecule has 17 heavy (non-hydrogen) atoms. The molecule has 0 spiro atoms. The average molecular weight is 243 g/mol. The number of nitrogens with one attached hydrogen (secondary N) is 1. The van der Waals surface area contributed by atoms with Crippen molar-refractivity contribution in [2.45, 2.75) is 26.4 Å². The Morgan fingerprint density at radius 2 is 2.12 bits per heavy atom. The number of amides is 1. The molecule has 0 atom stereocenters. The first kappa shape index (κ1) is 13.1. The third-order valence-corrected chi connectivity index (χ3v) is 1.54. The summed E-state index contributed by atoms with van der Waals surface area (Å²) in [5.74, 6) is -1.22. The van der Waals surface area contributed by atoms with Crippen molar-refractivity contribution in [3.8, 4) is 5.88 Å². The lowest BCUT2D eigenvalue weighted by atomic mass is 10.2. The van der Waals surface area contributed by atoms with Crippen molar-refractivity contribution in [1.29, 1.82) is 0 Å². The van der Waals surface area contributed by atoms with E-state index in [1.165, 1.54) is 13.3 Å². The van der Waals surface area contributed by atoms with E-state index < -0.39 is 17.6 Å². The molecule has 1 heterocycles. The molecule has 0 aliphatic rings. The second-order valence-corrected chi connectivity index (χ2v) is 4.18. The quantitative estimate of drug-likeness (QED) is 0.859. The van der Waals surface area contributed by atoms with E-state index in [4.69, 9.17) is 4.74 Å². The van der Waals surface area contributed by atoms with Crippen LogP contribution < -0.4 is 10.1 Å². The molecule has 0 bridgehead atoms. The van der Waals surface area contributed by atoms with E-state index in [1.54, 1.807) is 20.8 Å². The number of ether oxygens (including phenoxy) is 2. The number of aromatic nitrogens is 2. The fraction of sp³-hybridized carbons (Fsp3) is 0.500. The van der Waals surface area contributed by atoms with Gasteiger partial charge in [-0.25, -0.2) is 9.78 Å². The van der Waals surface area contributed by atoms with Crippen molar-refractivity contribution in [2.75, 3.05) is 12.4 Å². The minimum Gasteiger partial charge on any atom is -0.480 e. The van der Waals surface area contributed by atoms with E-state index in [0.29, 0.717) is 0 Å². The van der Waals surface area contributed by atoms with E-state index in [1.807, 2.05) is 0 Å². The minimum atomic E-state index is -0.935. The van der Waals surface area contributed by atoms with Crippen LogP contribution in [0.15, 0.2) is 6.20 Å². The highest BCUT2D eigenvalue weighted by molar-refractivity contribution is 5.83. The molecule has 0 radical (unpaired) electrons. The molecule has 1 amide bonds. The molecule has 94 valence electrons. The maximum absolute atomic E-state index is 13.3.